The van der Waals surface area contributed by atoms with Gasteiger partial charge < -0.3 is 0 Å². The maximum Gasteiger partial charge on any atom is 0.239 e. The molecule has 1 aliphatic carbocycles. The van der Waals surface area contributed by atoms with E-state index in [9.17, 15) is 8.42 Å². The van der Waals surface area contributed by atoms with Crippen LogP contribution in [-0.4, -0.2) is 43.8 Å². The van der Waals surface area contributed by atoms with Crippen molar-refractivity contribution in [1.29, 1.82) is 0 Å². The number of rotatable bonds is 4. The standard InChI is InChI=1S/C21H24N2O2S/c24-26(25,21-11-10-19-8-4-5-9-20(19)16-21)23-14-12-22(13-15-23)17-18-6-2-1-3-7-18/h1-9,16H,10-15,17H2. The van der Waals surface area contributed by atoms with Crippen molar-refractivity contribution in [1.82, 2.24) is 9.21 Å². The highest BCUT2D eigenvalue weighted by Gasteiger charge is 2.31. The summed E-state index contributed by atoms with van der Waals surface area (Å²) in [5, 5.41) is 0. The van der Waals surface area contributed by atoms with Gasteiger partial charge >= 0.3 is 0 Å². The molecule has 1 saturated heterocycles. The van der Waals surface area contributed by atoms with Gasteiger partial charge in [0, 0.05) is 32.7 Å². The molecular formula is C21H24N2O2S. The molecule has 0 atom stereocenters. The predicted octanol–water partition coefficient (Wildman–Crippen LogP) is 3.12. The van der Waals surface area contributed by atoms with Gasteiger partial charge in [-0.25, -0.2) is 8.42 Å². The van der Waals surface area contributed by atoms with Gasteiger partial charge in [0.05, 0.1) is 4.91 Å². The van der Waals surface area contributed by atoms with Gasteiger partial charge in [0.2, 0.25) is 10.0 Å². The average Bonchev–Trinajstić information content (AvgIpc) is 2.69. The van der Waals surface area contributed by atoms with Gasteiger partial charge in [-0.05, 0) is 35.6 Å². The Labute approximate surface area is 155 Å². The molecule has 0 N–H and O–H groups in total. The monoisotopic (exact) mass is 368 g/mol. The van der Waals surface area contributed by atoms with Gasteiger partial charge in [-0.15, -0.1) is 0 Å². The Kier molecular flexibility index (Phi) is 4.94. The van der Waals surface area contributed by atoms with Gasteiger partial charge in [0.15, 0.2) is 0 Å². The maximum atomic E-state index is 13.1. The minimum atomic E-state index is -3.36. The van der Waals surface area contributed by atoms with Crippen LogP contribution in [0.2, 0.25) is 0 Å². The summed E-state index contributed by atoms with van der Waals surface area (Å²) in [6.45, 7) is 3.56. The molecule has 0 spiro atoms. The molecule has 136 valence electrons. The number of allylic oxidation sites excluding steroid dienone is 1. The lowest BCUT2D eigenvalue weighted by Crippen LogP contribution is -2.48. The number of hydrogen-bond acceptors (Lipinski definition) is 3. The lowest BCUT2D eigenvalue weighted by molar-refractivity contribution is 0.182. The number of piperazine rings is 1. The highest BCUT2D eigenvalue weighted by atomic mass is 32.2. The van der Waals surface area contributed by atoms with Crippen molar-refractivity contribution < 1.29 is 8.42 Å². The summed E-state index contributed by atoms with van der Waals surface area (Å²) in [6, 6.07) is 18.4. The van der Waals surface area contributed by atoms with E-state index >= 15 is 0 Å². The van der Waals surface area contributed by atoms with E-state index < -0.39 is 10.0 Å². The third-order valence-electron chi connectivity index (χ3n) is 5.26. The Morgan fingerprint density at radius 1 is 0.808 bits per heavy atom. The zero-order valence-corrected chi connectivity index (χ0v) is 15.7. The second-order valence-electron chi connectivity index (χ2n) is 6.98. The summed E-state index contributed by atoms with van der Waals surface area (Å²) in [6.07, 6.45) is 3.27. The zero-order chi connectivity index (χ0) is 18.0. The first-order valence-electron chi connectivity index (χ1n) is 9.18. The summed E-state index contributed by atoms with van der Waals surface area (Å²) in [7, 11) is -3.36. The number of hydrogen-bond donors (Lipinski definition) is 0. The molecule has 0 bridgehead atoms. The van der Waals surface area contributed by atoms with Crippen LogP contribution in [-0.2, 0) is 23.0 Å². The van der Waals surface area contributed by atoms with Crippen molar-refractivity contribution in [2.45, 2.75) is 19.4 Å². The minimum absolute atomic E-state index is 0.563. The number of aryl methyl sites for hydroxylation is 1. The molecule has 4 nitrogen and oxygen atoms in total. The molecule has 2 aliphatic rings. The summed E-state index contributed by atoms with van der Waals surface area (Å²) >= 11 is 0. The summed E-state index contributed by atoms with van der Waals surface area (Å²) in [5.41, 5.74) is 3.55. The van der Waals surface area contributed by atoms with E-state index in [1.807, 2.05) is 42.5 Å². The second kappa shape index (κ2) is 7.35. The molecule has 0 aromatic heterocycles. The van der Waals surface area contributed by atoms with E-state index in [1.165, 1.54) is 11.1 Å². The molecule has 2 aromatic rings. The molecule has 0 radical (unpaired) electrons. The lowest BCUT2D eigenvalue weighted by Gasteiger charge is -2.35. The van der Waals surface area contributed by atoms with Crippen LogP contribution in [0.25, 0.3) is 6.08 Å². The molecule has 2 aromatic carbocycles. The van der Waals surface area contributed by atoms with Crippen LogP contribution >= 0.6 is 0 Å². The normalized spacial score (nSPS) is 19.0. The second-order valence-corrected chi connectivity index (χ2v) is 8.97. The predicted molar refractivity (Wildman–Crippen MR) is 105 cm³/mol. The first-order chi connectivity index (χ1) is 12.6. The van der Waals surface area contributed by atoms with E-state index in [2.05, 4.69) is 23.1 Å². The van der Waals surface area contributed by atoms with E-state index in [4.69, 9.17) is 0 Å². The minimum Gasteiger partial charge on any atom is -0.296 e. The molecule has 1 aliphatic heterocycles. The first kappa shape index (κ1) is 17.5. The van der Waals surface area contributed by atoms with Gasteiger partial charge in [0.25, 0.3) is 0 Å². The van der Waals surface area contributed by atoms with Crippen molar-refractivity contribution in [3.8, 4) is 0 Å². The molecule has 5 heteroatoms. The van der Waals surface area contributed by atoms with E-state index in [-0.39, 0.29) is 0 Å². The topological polar surface area (TPSA) is 40.6 Å². The van der Waals surface area contributed by atoms with E-state index in [0.29, 0.717) is 24.4 Å². The van der Waals surface area contributed by atoms with Crippen LogP contribution < -0.4 is 0 Å². The first-order valence-corrected chi connectivity index (χ1v) is 10.6. The van der Waals surface area contributed by atoms with Crippen molar-refractivity contribution in [3.63, 3.8) is 0 Å². The fourth-order valence-corrected chi connectivity index (χ4v) is 5.36. The number of fused-ring (bicyclic) bond motifs is 1. The molecule has 26 heavy (non-hydrogen) atoms. The lowest BCUT2D eigenvalue weighted by atomic mass is 9.98. The Balaban J connectivity index is 1.43. The third-order valence-corrected chi connectivity index (χ3v) is 7.29. The Morgan fingerprint density at radius 3 is 2.27 bits per heavy atom. The molecular weight excluding hydrogens is 344 g/mol. The third kappa shape index (κ3) is 3.61. The maximum absolute atomic E-state index is 13.1. The van der Waals surface area contributed by atoms with Gasteiger partial charge in [-0.3, -0.25) is 4.90 Å². The van der Waals surface area contributed by atoms with Gasteiger partial charge in [0.1, 0.15) is 0 Å². The smallest absolute Gasteiger partial charge is 0.239 e. The van der Waals surface area contributed by atoms with Crippen molar-refractivity contribution in [2.75, 3.05) is 26.2 Å². The van der Waals surface area contributed by atoms with Crippen molar-refractivity contribution >= 4 is 16.1 Å². The van der Waals surface area contributed by atoms with Crippen LogP contribution in [0.1, 0.15) is 23.1 Å². The summed E-state index contributed by atoms with van der Waals surface area (Å²) < 4.78 is 27.8. The highest BCUT2D eigenvalue weighted by Crippen LogP contribution is 2.29. The largest absolute Gasteiger partial charge is 0.296 e. The van der Waals surface area contributed by atoms with Crippen LogP contribution in [0, 0.1) is 0 Å². The van der Waals surface area contributed by atoms with Gasteiger partial charge in [-0.1, -0.05) is 54.6 Å². The van der Waals surface area contributed by atoms with E-state index in [1.54, 1.807) is 4.31 Å². The molecule has 0 saturated carbocycles. The quantitative estimate of drug-likeness (QED) is 0.833. The van der Waals surface area contributed by atoms with Crippen LogP contribution in [0.5, 0.6) is 0 Å². The molecule has 0 unspecified atom stereocenters. The SMILES string of the molecule is O=S(=O)(C1=Cc2ccccc2CC1)N1CCN(Cc2ccccc2)CC1. The van der Waals surface area contributed by atoms with Crippen molar-refractivity contribution in [2.24, 2.45) is 0 Å². The molecule has 4 rings (SSSR count). The number of nitrogens with zero attached hydrogens (tertiary/aromatic N) is 2. The molecule has 0 amide bonds. The average molecular weight is 369 g/mol. The number of benzene rings is 2. The van der Waals surface area contributed by atoms with Gasteiger partial charge in [-0.2, -0.15) is 4.31 Å². The Bertz CT molecular complexity index is 899. The molecule has 1 fully saturated rings. The molecule has 1 heterocycles. The van der Waals surface area contributed by atoms with Crippen LogP contribution in [0.15, 0.2) is 59.5 Å². The van der Waals surface area contributed by atoms with Crippen LogP contribution in [0.3, 0.4) is 0 Å². The van der Waals surface area contributed by atoms with Crippen LogP contribution in [0.4, 0.5) is 0 Å². The Hall–Kier alpha value is -1.95. The highest BCUT2D eigenvalue weighted by molar-refractivity contribution is 7.93. The fraction of sp³-hybridized carbons (Fsp3) is 0.333. The number of sulfonamides is 1. The van der Waals surface area contributed by atoms with E-state index in [0.717, 1.165) is 31.6 Å². The summed E-state index contributed by atoms with van der Waals surface area (Å²) in [4.78, 5) is 2.89. The fourth-order valence-electron chi connectivity index (χ4n) is 3.75. The Morgan fingerprint density at radius 2 is 1.50 bits per heavy atom. The van der Waals surface area contributed by atoms with Crippen molar-refractivity contribution in [3.05, 3.63) is 76.2 Å². The summed E-state index contributed by atoms with van der Waals surface area (Å²) in [5.74, 6) is 0. The zero-order valence-electron chi connectivity index (χ0n) is 14.8.